The van der Waals surface area contributed by atoms with E-state index >= 15 is 0 Å². The number of rotatable bonds is 6. The Labute approximate surface area is 124 Å². The Hall–Kier alpha value is -1.23. The number of hydrogen-bond donors (Lipinski definition) is 1. The van der Waals surface area contributed by atoms with Gasteiger partial charge in [0.2, 0.25) is 0 Å². The summed E-state index contributed by atoms with van der Waals surface area (Å²) >= 11 is 0. The molecule has 0 saturated carbocycles. The fourth-order valence-corrected chi connectivity index (χ4v) is 2.89. The molecule has 0 aromatic heterocycles. The molecule has 0 bridgehead atoms. The molecule has 118 valence electrons. The lowest BCUT2D eigenvalue weighted by molar-refractivity contribution is -0.135. The lowest BCUT2D eigenvalue weighted by atomic mass is 10.0. The molecule has 5 heteroatoms. The highest BCUT2D eigenvalue weighted by Crippen LogP contribution is 2.31. The van der Waals surface area contributed by atoms with Crippen molar-refractivity contribution in [2.75, 3.05) is 24.5 Å². The van der Waals surface area contributed by atoms with Crippen LogP contribution in [-0.4, -0.2) is 25.8 Å². The van der Waals surface area contributed by atoms with Gasteiger partial charge in [0.1, 0.15) is 0 Å². The maximum Gasteiger partial charge on any atom is 0.389 e. The topological polar surface area (TPSA) is 15.3 Å². The van der Waals surface area contributed by atoms with Gasteiger partial charge in [-0.05, 0) is 43.5 Å². The smallest absolute Gasteiger partial charge is 0.371 e. The number of benzene rings is 1. The summed E-state index contributed by atoms with van der Waals surface area (Å²) in [6, 6.07) is 6.62. The van der Waals surface area contributed by atoms with Crippen molar-refractivity contribution >= 4 is 5.69 Å². The predicted octanol–water partition coefficient (Wildman–Crippen LogP) is 4.06. The number of fused-ring (bicyclic) bond motifs is 1. The van der Waals surface area contributed by atoms with Crippen molar-refractivity contribution in [3.8, 4) is 0 Å². The van der Waals surface area contributed by atoms with Crippen LogP contribution in [0.4, 0.5) is 18.9 Å². The maximum atomic E-state index is 12.2. The molecular weight excluding hydrogens is 277 g/mol. The highest BCUT2D eigenvalue weighted by Gasteiger charge is 2.27. The van der Waals surface area contributed by atoms with Crippen LogP contribution in [0.15, 0.2) is 18.2 Å². The Kier molecular flexibility index (Phi) is 5.14. The predicted molar refractivity (Wildman–Crippen MR) is 79.7 cm³/mol. The summed E-state index contributed by atoms with van der Waals surface area (Å²) in [6.45, 7) is 6.43. The van der Waals surface area contributed by atoms with Crippen LogP contribution in [0, 0.1) is 0 Å². The van der Waals surface area contributed by atoms with Crippen LogP contribution in [0.5, 0.6) is 0 Å². The Bertz CT molecular complexity index is 471. The van der Waals surface area contributed by atoms with Crippen molar-refractivity contribution in [3.63, 3.8) is 0 Å². The highest BCUT2D eigenvalue weighted by atomic mass is 19.4. The zero-order valence-electron chi connectivity index (χ0n) is 12.6. The second kappa shape index (κ2) is 6.69. The van der Waals surface area contributed by atoms with E-state index in [1.165, 1.54) is 11.1 Å². The summed E-state index contributed by atoms with van der Waals surface area (Å²) in [5, 5.41) is 3.38. The van der Waals surface area contributed by atoms with Gasteiger partial charge in [-0.1, -0.05) is 19.1 Å². The molecule has 1 atom stereocenters. The van der Waals surface area contributed by atoms with Crippen molar-refractivity contribution in [1.29, 1.82) is 0 Å². The minimum Gasteiger partial charge on any atom is -0.371 e. The molecular formula is C16H23F3N2. The molecule has 0 saturated heterocycles. The Morgan fingerprint density at radius 3 is 2.76 bits per heavy atom. The fraction of sp³-hybridized carbons (Fsp3) is 0.625. The van der Waals surface area contributed by atoms with Gasteiger partial charge in [-0.25, -0.2) is 0 Å². The summed E-state index contributed by atoms with van der Waals surface area (Å²) in [4.78, 5) is 2.07. The summed E-state index contributed by atoms with van der Waals surface area (Å²) in [6.07, 6.45) is -3.66. The molecule has 0 spiro atoms. The van der Waals surface area contributed by atoms with E-state index in [4.69, 9.17) is 0 Å². The van der Waals surface area contributed by atoms with E-state index < -0.39 is 12.6 Å². The zero-order valence-corrected chi connectivity index (χ0v) is 12.6. The molecule has 1 heterocycles. The molecule has 0 aliphatic carbocycles. The number of halogens is 3. The van der Waals surface area contributed by atoms with Crippen LogP contribution in [0.1, 0.15) is 43.9 Å². The zero-order chi connectivity index (χ0) is 15.5. The number of anilines is 1. The van der Waals surface area contributed by atoms with Gasteiger partial charge in [-0.2, -0.15) is 13.2 Å². The van der Waals surface area contributed by atoms with Crippen LogP contribution in [-0.2, 0) is 6.42 Å². The van der Waals surface area contributed by atoms with Crippen molar-refractivity contribution in [1.82, 2.24) is 5.32 Å². The standard InChI is InChI=1S/C16H23F3N2/c1-3-20-12(2)13-5-6-15-14(11-13)7-10-21(15)9-4-8-16(17,18)19/h5-6,11-12,20H,3-4,7-10H2,1-2H3. The number of hydrogen-bond acceptors (Lipinski definition) is 2. The van der Waals surface area contributed by atoms with E-state index in [0.717, 1.165) is 25.2 Å². The minimum atomic E-state index is -4.05. The molecule has 0 fully saturated rings. The van der Waals surface area contributed by atoms with E-state index in [-0.39, 0.29) is 6.42 Å². The van der Waals surface area contributed by atoms with Crippen LogP contribution in [0.2, 0.25) is 0 Å². The van der Waals surface area contributed by atoms with Crippen molar-refractivity contribution in [2.45, 2.75) is 45.3 Å². The second-order valence-electron chi connectivity index (χ2n) is 5.62. The summed E-state index contributed by atoms with van der Waals surface area (Å²) in [5.74, 6) is 0. The molecule has 1 aromatic carbocycles. The monoisotopic (exact) mass is 300 g/mol. The van der Waals surface area contributed by atoms with Crippen molar-refractivity contribution in [3.05, 3.63) is 29.3 Å². The van der Waals surface area contributed by atoms with E-state index in [1.54, 1.807) is 0 Å². The average Bonchev–Trinajstić information content (AvgIpc) is 2.80. The largest absolute Gasteiger partial charge is 0.389 e. The van der Waals surface area contributed by atoms with Crippen molar-refractivity contribution < 1.29 is 13.2 Å². The van der Waals surface area contributed by atoms with Gasteiger partial charge in [0, 0.05) is 31.2 Å². The molecule has 1 aliphatic heterocycles. The lowest BCUT2D eigenvalue weighted by Crippen LogP contribution is -2.23. The second-order valence-corrected chi connectivity index (χ2v) is 5.62. The molecule has 1 aliphatic rings. The maximum absolute atomic E-state index is 12.2. The first-order valence-corrected chi connectivity index (χ1v) is 7.58. The molecule has 2 nitrogen and oxygen atoms in total. The van der Waals surface area contributed by atoms with E-state index in [1.807, 2.05) is 0 Å². The van der Waals surface area contributed by atoms with E-state index in [9.17, 15) is 13.2 Å². The first kappa shape index (κ1) is 16.1. The molecule has 0 radical (unpaired) electrons. The van der Waals surface area contributed by atoms with Gasteiger partial charge >= 0.3 is 6.18 Å². The molecule has 21 heavy (non-hydrogen) atoms. The Morgan fingerprint density at radius 2 is 2.10 bits per heavy atom. The highest BCUT2D eigenvalue weighted by molar-refractivity contribution is 5.59. The van der Waals surface area contributed by atoms with Gasteiger partial charge in [-0.15, -0.1) is 0 Å². The van der Waals surface area contributed by atoms with Gasteiger partial charge in [0.25, 0.3) is 0 Å². The summed E-state index contributed by atoms with van der Waals surface area (Å²) in [7, 11) is 0. The minimum absolute atomic E-state index is 0.165. The van der Waals surface area contributed by atoms with Gasteiger partial charge in [0.15, 0.2) is 0 Å². The SMILES string of the molecule is CCNC(C)c1ccc2c(c1)CCN2CCCC(F)(F)F. The van der Waals surface area contributed by atoms with Gasteiger partial charge < -0.3 is 10.2 Å². The number of nitrogens with one attached hydrogen (secondary N) is 1. The van der Waals surface area contributed by atoms with E-state index in [2.05, 4.69) is 42.3 Å². The average molecular weight is 300 g/mol. The quantitative estimate of drug-likeness (QED) is 0.852. The Morgan fingerprint density at radius 1 is 1.33 bits per heavy atom. The van der Waals surface area contributed by atoms with Gasteiger partial charge in [-0.3, -0.25) is 0 Å². The van der Waals surface area contributed by atoms with Crippen LogP contribution in [0.3, 0.4) is 0 Å². The third kappa shape index (κ3) is 4.37. The number of alkyl halides is 3. The fourth-order valence-electron chi connectivity index (χ4n) is 2.89. The summed E-state index contributed by atoms with van der Waals surface area (Å²) < 4.78 is 36.6. The Balaban J connectivity index is 1.98. The molecule has 0 amide bonds. The van der Waals surface area contributed by atoms with Crippen LogP contribution in [0.25, 0.3) is 0 Å². The van der Waals surface area contributed by atoms with Crippen LogP contribution >= 0.6 is 0 Å². The van der Waals surface area contributed by atoms with E-state index in [0.29, 0.717) is 12.6 Å². The molecule has 2 rings (SSSR count). The van der Waals surface area contributed by atoms with Crippen LogP contribution < -0.4 is 10.2 Å². The third-order valence-corrected chi connectivity index (χ3v) is 3.99. The number of nitrogens with zero attached hydrogens (tertiary/aromatic N) is 1. The first-order chi connectivity index (χ1) is 9.90. The molecule has 1 unspecified atom stereocenters. The summed E-state index contributed by atoms with van der Waals surface area (Å²) in [5.41, 5.74) is 3.60. The third-order valence-electron chi connectivity index (χ3n) is 3.99. The molecule has 1 N–H and O–H groups in total. The first-order valence-electron chi connectivity index (χ1n) is 7.58. The lowest BCUT2D eigenvalue weighted by Gasteiger charge is -2.20. The molecule has 1 aromatic rings. The normalized spacial score (nSPS) is 16.1. The van der Waals surface area contributed by atoms with Crippen molar-refractivity contribution in [2.24, 2.45) is 0 Å². The van der Waals surface area contributed by atoms with Gasteiger partial charge in [0.05, 0.1) is 0 Å².